The van der Waals surface area contributed by atoms with Gasteiger partial charge in [-0.05, 0) is 12.8 Å². The lowest BCUT2D eigenvalue weighted by Crippen LogP contribution is -2.11. The summed E-state index contributed by atoms with van der Waals surface area (Å²) >= 11 is 0. The molecular formula is C6H13OP. The summed E-state index contributed by atoms with van der Waals surface area (Å²) in [5.41, 5.74) is 0. The summed E-state index contributed by atoms with van der Waals surface area (Å²) in [6.07, 6.45) is 7.21. The zero-order chi connectivity index (χ0) is 5.82. The van der Waals surface area contributed by atoms with Crippen LogP contribution < -0.4 is 0 Å². The highest BCUT2D eigenvalue weighted by atomic mass is 31.0. The summed E-state index contributed by atoms with van der Waals surface area (Å²) in [4.78, 5) is 0. The van der Waals surface area contributed by atoms with Crippen LogP contribution in [0, 0.1) is 0 Å². The van der Waals surface area contributed by atoms with E-state index in [1.807, 2.05) is 0 Å². The van der Waals surface area contributed by atoms with Crippen LogP contribution in [-0.4, -0.2) is 6.10 Å². The number of rotatable bonds is 1. The van der Waals surface area contributed by atoms with Crippen molar-refractivity contribution < 1.29 is 4.52 Å². The van der Waals surface area contributed by atoms with Crippen molar-refractivity contribution in [1.82, 2.24) is 0 Å². The highest BCUT2D eigenvalue weighted by Crippen LogP contribution is 2.21. The van der Waals surface area contributed by atoms with Crippen molar-refractivity contribution in [1.29, 1.82) is 0 Å². The van der Waals surface area contributed by atoms with Gasteiger partial charge < -0.3 is 4.52 Å². The number of hydrogen-bond acceptors (Lipinski definition) is 1. The Morgan fingerprint density at radius 1 is 1.12 bits per heavy atom. The average Bonchev–Trinajstić information content (AvgIpc) is 1.90. The average molecular weight is 132 g/mol. The van der Waals surface area contributed by atoms with E-state index >= 15 is 0 Å². The van der Waals surface area contributed by atoms with Gasteiger partial charge in [0, 0.05) is 9.47 Å². The van der Waals surface area contributed by atoms with Gasteiger partial charge in [0.25, 0.3) is 0 Å². The van der Waals surface area contributed by atoms with E-state index in [-0.39, 0.29) is 0 Å². The molecule has 1 atom stereocenters. The van der Waals surface area contributed by atoms with Crippen LogP contribution in [-0.2, 0) is 4.52 Å². The fourth-order valence-electron chi connectivity index (χ4n) is 1.20. The molecule has 0 aliphatic heterocycles. The Hall–Kier alpha value is 0.390. The molecule has 0 amide bonds. The first kappa shape index (κ1) is 6.51. The molecule has 0 saturated heterocycles. The summed E-state index contributed by atoms with van der Waals surface area (Å²) < 4.78 is 5.11. The lowest BCUT2D eigenvalue weighted by atomic mass is 9.98. The maximum atomic E-state index is 5.11. The topological polar surface area (TPSA) is 9.23 Å². The molecule has 1 rings (SSSR count). The van der Waals surface area contributed by atoms with Crippen molar-refractivity contribution in [3.05, 3.63) is 0 Å². The molecule has 0 radical (unpaired) electrons. The van der Waals surface area contributed by atoms with Gasteiger partial charge in [0.05, 0.1) is 6.10 Å². The standard InChI is InChI=1S/C6H13OP/c8-7-6-4-2-1-3-5-6/h6H,1-5,8H2. The molecule has 0 spiro atoms. The van der Waals surface area contributed by atoms with Gasteiger partial charge in [-0.3, -0.25) is 0 Å². The van der Waals surface area contributed by atoms with Gasteiger partial charge in [-0.15, -0.1) is 0 Å². The van der Waals surface area contributed by atoms with Crippen molar-refractivity contribution >= 4 is 9.47 Å². The van der Waals surface area contributed by atoms with Gasteiger partial charge in [0.15, 0.2) is 0 Å². The van der Waals surface area contributed by atoms with E-state index in [0.717, 1.165) is 0 Å². The van der Waals surface area contributed by atoms with E-state index in [1.54, 1.807) is 0 Å². The largest absolute Gasteiger partial charge is 0.362 e. The molecule has 1 fully saturated rings. The van der Waals surface area contributed by atoms with E-state index in [2.05, 4.69) is 9.47 Å². The first-order valence-electron chi connectivity index (χ1n) is 3.29. The molecule has 1 aliphatic rings. The Morgan fingerprint density at radius 2 is 1.75 bits per heavy atom. The zero-order valence-corrected chi connectivity index (χ0v) is 6.25. The predicted octanol–water partition coefficient (Wildman–Crippen LogP) is 2.13. The van der Waals surface area contributed by atoms with Crippen LogP contribution in [0.5, 0.6) is 0 Å². The van der Waals surface area contributed by atoms with Crippen molar-refractivity contribution in [2.75, 3.05) is 0 Å². The summed E-state index contributed by atoms with van der Waals surface area (Å²) in [5.74, 6) is 0. The molecule has 0 bridgehead atoms. The van der Waals surface area contributed by atoms with E-state index in [9.17, 15) is 0 Å². The fourth-order valence-corrected chi connectivity index (χ4v) is 1.47. The van der Waals surface area contributed by atoms with Crippen molar-refractivity contribution in [3.63, 3.8) is 0 Å². The third-order valence-electron chi connectivity index (χ3n) is 1.74. The van der Waals surface area contributed by atoms with Crippen molar-refractivity contribution in [3.8, 4) is 0 Å². The molecule has 48 valence electrons. The first-order valence-corrected chi connectivity index (χ1v) is 3.76. The SMILES string of the molecule is POC1CCCCC1. The molecule has 0 N–H and O–H groups in total. The number of hydrogen-bond donors (Lipinski definition) is 0. The molecule has 0 aromatic rings. The minimum atomic E-state index is 0.550. The second-order valence-electron chi connectivity index (χ2n) is 2.40. The third kappa shape index (κ3) is 1.72. The monoisotopic (exact) mass is 132 g/mol. The first-order chi connectivity index (χ1) is 3.93. The lowest BCUT2D eigenvalue weighted by molar-refractivity contribution is 0.183. The maximum absolute atomic E-state index is 5.11. The molecule has 1 aliphatic carbocycles. The van der Waals surface area contributed by atoms with Crippen LogP contribution in [0.25, 0.3) is 0 Å². The Morgan fingerprint density at radius 3 is 2.12 bits per heavy atom. The Bertz CT molecular complexity index is 59.5. The van der Waals surface area contributed by atoms with Crippen LogP contribution in [0.2, 0.25) is 0 Å². The van der Waals surface area contributed by atoms with E-state index in [0.29, 0.717) is 6.10 Å². The minimum Gasteiger partial charge on any atom is -0.362 e. The normalized spacial score (nSPS) is 23.6. The molecule has 1 saturated carbocycles. The second-order valence-corrected chi connectivity index (χ2v) is 2.67. The smallest absolute Gasteiger partial charge is 0.0610 e. The summed E-state index contributed by atoms with van der Waals surface area (Å²) in [7, 11) is 2.35. The van der Waals surface area contributed by atoms with E-state index in [1.165, 1.54) is 32.1 Å². The minimum absolute atomic E-state index is 0.550. The van der Waals surface area contributed by atoms with Crippen LogP contribution in [0.3, 0.4) is 0 Å². The lowest BCUT2D eigenvalue weighted by Gasteiger charge is -2.18. The molecule has 0 heterocycles. The Kier molecular flexibility index (Phi) is 2.78. The van der Waals surface area contributed by atoms with E-state index < -0.39 is 0 Å². The van der Waals surface area contributed by atoms with E-state index in [4.69, 9.17) is 4.52 Å². The fraction of sp³-hybridized carbons (Fsp3) is 1.00. The highest BCUT2D eigenvalue weighted by Gasteiger charge is 2.10. The highest BCUT2D eigenvalue weighted by molar-refractivity contribution is 7.09. The van der Waals surface area contributed by atoms with Gasteiger partial charge in [-0.25, -0.2) is 0 Å². The zero-order valence-electron chi connectivity index (χ0n) is 5.10. The maximum Gasteiger partial charge on any atom is 0.0610 e. The van der Waals surface area contributed by atoms with Gasteiger partial charge in [0.2, 0.25) is 0 Å². The Labute approximate surface area is 53.1 Å². The van der Waals surface area contributed by atoms with Crippen molar-refractivity contribution in [2.45, 2.75) is 38.2 Å². The summed E-state index contributed by atoms with van der Waals surface area (Å²) in [6.45, 7) is 0. The van der Waals surface area contributed by atoms with Crippen LogP contribution in [0.15, 0.2) is 0 Å². The second kappa shape index (κ2) is 3.42. The predicted molar refractivity (Wildman–Crippen MR) is 37.7 cm³/mol. The van der Waals surface area contributed by atoms with Gasteiger partial charge >= 0.3 is 0 Å². The Balaban J connectivity index is 2.13. The van der Waals surface area contributed by atoms with Gasteiger partial charge in [-0.1, -0.05) is 19.3 Å². The molecular weight excluding hydrogens is 119 g/mol. The van der Waals surface area contributed by atoms with Crippen LogP contribution >= 0.6 is 9.47 Å². The molecule has 1 unspecified atom stereocenters. The molecule has 8 heavy (non-hydrogen) atoms. The van der Waals surface area contributed by atoms with Gasteiger partial charge in [-0.2, -0.15) is 0 Å². The quantitative estimate of drug-likeness (QED) is 0.496. The summed E-state index contributed by atoms with van der Waals surface area (Å²) in [6, 6.07) is 0. The molecule has 1 nitrogen and oxygen atoms in total. The molecule has 2 heteroatoms. The summed E-state index contributed by atoms with van der Waals surface area (Å²) in [5, 5.41) is 0. The molecule has 0 aromatic carbocycles. The third-order valence-corrected chi connectivity index (χ3v) is 2.13. The van der Waals surface area contributed by atoms with Crippen LogP contribution in [0.4, 0.5) is 0 Å². The van der Waals surface area contributed by atoms with Crippen LogP contribution in [0.1, 0.15) is 32.1 Å². The van der Waals surface area contributed by atoms with Gasteiger partial charge in [0.1, 0.15) is 0 Å². The molecule has 0 aromatic heterocycles. The van der Waals surface area contributed by atoms with Crippen molar-refractivity contribution in [2.24, 2.45) is 0 Å².